The number of nitrogens with zero attached hydrogens (tertiary/aromatic N) is 2. The molecule has 0 amide bonds. The summed E-state index contributed by atoms with van der Waals surface area (Å²) in [7, 11) is -2.75. The molecule has 0 aliphatic carbocycles. The van der Waals surface area contributed by atoms with Gasteiger partial charge < -0.3 is 9.47 Å². The fourth-order valence-electron chi connectivity index (χ4n) is 10.5. The van der Waals surface area contributed by atoms with E-state index in [-0.39, 0.29) is 0 Å². The molecular weight excluding hydrogens is 801 g/mol. The van der Waals surface area contributed by atoms with Gasteiger partial charge in [0.15, 0.2) is 8.07 Å². The third-order valence-electron chi connectivity index (χ3n) is 13.3. The van der Waals surface area contributed by atoms with E-state index in [2.05, 4.69) is 276 Å². The van der Waals surface area contributed by atoms with E-state index >= 15 is 0 Å². The molecule has 12 rings (SSSR count). The van der Waals surface area contributed by atoms with Crippen molar-refractivity contribution < 1.29 is 0 Å². The van der Waals surface area contributed by atoms with Crippen LogP contribution in [0.1, 0.15) is 0 Å². The highest BCUT2D eigenvalue weighted by Gasteiger charge is 2.41. The van der Waals surface area contributed by atoms with Gasteiger partial charge in [-0.1, -0.05) is 218 Å². The van der Waals surface area contributed by atoms with E-state index in [9.17, 15) is 0 Å². The van der Waals surface area contributed by atoms with Gasteiger partial charge in [0.05, 0.1) is 16.7 Å². The van der Waals surface area contributed by atoms with Crippen LogP contribution in [0.25, 0.3) is 60.2 Å². The molecule has 11 aromatic carbocycles. The number of benzene rings is 11. The van der Waals surface area contributed by atoms with Gasteiger partial charge in [-0.05, 0) is 96.6 Å². The summed E-state index contributed by atoms with van der Waals surface area (Å²) >= 11 is 0. The monoisotopic (exact) mass is 844 g/mol. The van der Waals surface area contributed by atoms with Crippen molar-refractivity contribution >= 4 is 89.2 Å². The first-order valence-corrected chi connectivity index (χ1v) is 24.4. The molecule has 0 spiro atoms. The van der Waals surface area contributed by atoms with Crippen molar-refractivity contribution in [2.75, 3.05) is 4.90 Å². The van der Waals surface area contributed by atoms with Crippen molar-refractivity contribution in [1.82, 2.24) is 4.57 Å². The van der Waals surface area contributed by atoms with Crippen LogP contribution < -0.4 is 25.6 Å². The molecule has 0 atom stereocenters. The highest BCUT2D eigenvalue weighted by Crippen LogP contribution is 2.45. The Hall–Kier alpha value is -8.24. The van der Waals surface area contributed by atoms with Gasteiger partial charge in [0, 0.05) is 33.2 Å². The first-order valence-electron chi connectivity index (χ1n) is 22.4. The van der Waals surface area contributed by atoms with Crippen LogP contribution in [-0.2, 0) is 0 Å². The normalized spacial score (nSPS) is 11.7. The minimum Gasteiger partial charge on any atom is -0.310 e. The molecule has 0 radical (unpaired) electrons. The summed E-state index contributed by atoms with van der Waals surface area (Å²) < 4.78 is 2.46. The Labute approximate surface area is 380 Å². The third kappa shape index (κ3) is 6.39. The minimum absolute atomic E-state index is 1.09. The van der Waals surface area contributed by atoms with Gasteiger partial charge in [0.2, 0.25) is 0 Å². The number of aromatic nitrogens is 1. The number of anilines is 3. The SMILES string of the molecule is c1ccc(-n2c3cccc(N(c4ccc(-c5cccc6ccccc56)cc4)c4ccc([Si](c5ccccc5)(c5ccccc5)c5ccccc5)cc4)c3c3ccc4ccccc4c32)cc1. The second-order valence-corrected chi connectivity index (χ2v) is 20.6. The van der Waals surface area contributed by atoms with Crippen LogP contribution in [0.3, 0.4) is 0 Å². The standard InChI is InChI=1S/C62H44N2Si/c1-5-22-48(23-6-1)64-60-34-18-33-59(61(60)58-44-37-46-20-14-16-31-57(46)62(58)64)63(49-38-35-47(36-39-49)56-32-17-21-45-19-13-15-30-55(45)56)50-40-42-54(43-41-50)65(51-24-7-2-8-25-51,52-26-9-3-10-27-52)53-28-11-4-12-29-53/h1-44H. The van der Waals surface area contributed by atoms with E-state index in [1.54, 1.807) is 0 Å². The van der Waals surface area contributed by atoms with Gasteiger partial charge in [-0.2, -0.15) is 0 Å². The zero-order chi connectivity index (χ0) is 43.2. The van der Waals surface area contributed by atoms with Crippen LogP contribution in [0.15, 0.2) is 267 Å². The average molecular weight is 845 g/mol. The first kappa shape index (κ1) is 38.4. The highest BCUT2D eigenvalue weighted by atomic mass is 28.3. The fourth-order valence-corrected chi connectivity index (χ4v) is 15.2. The molecule has 1 heterocycles. The van der Waals surface area contributed by atoms with Crippen molar-refractivity contribution in [3.8, 4) is 16.8 Å². The van der Waals surface area contributed by atoms with E-state index in [1.807, 2.05) is 0 Å². The number of hydrogen-bond acceptors (Lipinski definition) is 1. The van der Waals surface area contributed by atoms with Gasteiger partial charge in [-0.3, -0.25) is 0 Å². The third-order valence-corrected chi connectivity index (χ3v) is 18.1. The summed E-state index contributed by atoms with van der Waals surface area (Å²) in [5, 5.41) is 12.8. The summed E-state index contributed by atoms with van der Waals surface area (Å²) in [5.74, 6) is 0. The van der Waals surface area contributed by atoms with Crippen molar-refractivity contribution in [3.05, 3.63) is 267 Å². The van der Waals surface area contributed by atoms with Crippen LogP contribution in [0.2, 0.25) is 0 Å². The van der Waals surface area contributed by atoms with E-state index < -0.39 is 8.07 Å². The van der Waals surface area contributed by atoms with E-state index in [4.69, 9.17) is 0 Å². The largest absolute Gasteiger partial charge is 0.310 e. The van der Waals surface area contributed by atoms with Gasteiger partial charge in [0.1, 0.15) is 0 Å². The van der Waals surface area contributed by atoms with Crippen molar-refractivity contribution in [3.63, 3.8) is 0 Å². The molecule has 3 heteroatoms. The maximum atomic E-state index is 2.47. The zero-order valence-corrected chi connectivity index (χ0v) is 36.8. The maximum Gasteiger partial charge on any atom is 0.179 e. The molecule has 1 aromatic heterocycles. The molecule has 0 saturated carbocycles. The molecule has 0 saturated heterocycles. The Balaban J connectivity index is 1.11. The van der Waals surface area contributed by atoms with Crippen molar-refractivity contribution in [1.29, 1.82) is 0 Å². The van der Waals surface area contributed by atoms with Crippen LogP contribution in [0.4, 0.5) is 17.1 Å². The Morgan fingerprint density at radius 1 is 0.323 bits per heavy atom. The molecule has 12 aromatic rings. The van der Waals surface area contributed by atoms with E-state index in [0.717, 1.165) is 28.3 Å². The Morgan fingerprint density at radius 3 is 1.42 bits per heavy atom. The van der Waals surface area contributed by atoms with E-state index in [0.29, 0.717) is 0 Å². The molecule has 0 fully saturated rings. The molecule has 0 bridgehead atoms. The molecule has 0 unspecified atom stereocenters. The Morgan fingerprint density at radius 2 is 0.800 bits per heavy atom. The maximum absolute atomic E-state index is 2.75. The quantitative estimate of drug-likeness (QED) is 0.104. The molecule has 0 aliphatic heterocycles. The topological polar surface area (TPSA) is 8.17 Å². The van der Waals surface area contributed by atoms with Gasteiger partial charge >= 0.3 is 0 Å². The number of hydrogen-bond donors (Lipinski definition) is 0. The molecule has 65 heavy (non-hydrogen) atoms. The first-order chi connectivity index (χ1) is 32.3. The molecule has 0 N–H and O–H groups in total. The zero-order valence-electron chi connectivity index (χ0n) is 35.8. The second kappa shape index (κ2) is 16.1. The predicted molar refractivity (Wildman–Crippen MR) is 280 cm³/mol. The van der Waals surface area contributed by atoms with Crippen LogP contribution in [0, 0.1) is 0 Å². The van der Waals surface area contributed by atoms with Gasteiger partial charge in [-0.25, -0.2) is 0 Å². The Bertz CT molecular complexity index is 3520. The summed E-state index contributed by atoms with van der Waals surface area (Å²) in [5.41, 5.74) is 9.25. The summed E-state index contributed by atoms with van der Waals surface area (Å²) in [6, 6.07) is 98.5. The average Bonchev–Trinajstić information content (AvgIpc) is 3.74. The smallest absolute Gasteiger partial charge is 0.179 e. The van der Waals surface area contributed by atoms with Crippen molar-refractivity contribution in [2.45, 2.75) is 0 Å². The lowest BCUT2D eigenvalue weighted by Gasteiger charge is -2.35. The fraction of sp³-hybridized carbons (Fsp3) is 0. The van der Waals surface area contributed by atoms with E-state index in [1.165, 1.54) is 69.7 Å². The number of para-hydroxylation sites is 1. The molecule has 0 aliphatic rings. The summed E-state index contributed by atoms with van der Waals surface area (Å²) in [6.07, 6.45) is 0. The lowest BCUT2D eigenvalue weighted by molar-refractivity contribution is 1.18. The molecule has 2 nitrogen and oxygen atoms in total. The minimum atomic E-state index is -2.75. The van der Waals surface area contributed by atoms with Crippen LogP contribution in [-0.4, -0.2) is 12.6 Å². The lowest BCUT2D eigenvalue weighted by atomic mass is 9.98. The summed E-state index contributed by atoms with van der Waals surface area (Å²) in [4.78, 5) is 2.47. The van der Waals surface area contributed by atoms with Crippen molar-refractivity contribution in [2.24, 2.45) is 0 Å². The highest BCUT2D eigenvalue weighted by molar-refractivity contribution is 7.19. The van der Waals surface area contributed by atoms with Crippen LogP contribution in [0.5, 0.6) is 0 Å². The van der Waals surface area contributed by atoms with Gasteiger partial charge in [-0.15, -0.1) is 0 Å². The summed E-state index contributed by atoms with van der Waals surface area (Å²) in [6.45, 7) is 0. The molecule has 306 valence electrons. The number of rotatable bonds is 9. The lowest BCUT2D eigenvalue weighted by Crippen LogP contribution is -2.74. The second-order valence-electron chi connectivity index (χ2n) is 16.8. The predicted octanol–water partition coefficient (Wildman–Crippen LogP) is 13.6. The Kier molecular flexibility index (Phi) is 9.55. The molecular formula is C62H44N2Si. The van der Waals surface area contributed by atoms with Gasteiger partial charge in [0.25, 0.3) is 0 Å². The van der Waals surface area contributed by atoms with Crippen LogP contribution >= 0.6 is 0 Å². The number of fused-ring (bicyclic) bond motifs is 6.